The van der Waals surface area contributed by atoms with Crippen LogP contribution >= 0.6 is 11.6 Å². The van der Waals surface area contributed by atoms with Crippen LogP contribution in [-0.4, -0.2) is 23.5 Å². The second-order valence-electron chi connectivity index (χ2n) is 1.16. The maximum atomic E-state index is 5.25. The van der Waals surface area contributed by atoms with E-state index in [1.54, 1.807) is 19.9 Å². The summed E-state index contributed by atoms with van der Waals surface area (Å²) in [6.45, 7) is 0. The fourth-order valence-corrected chi connectivity index (χ4v) is 1.29. The summed E-state index contributed by atoms with van der Waals surface area (Å²) in [4.78, 5) is 0. The average Bonchev–Trinajstić information content (AvgIpc) is 1.83. The first-order valence-electron chi connectivity index (χ1n) is 2.17. The normalized spacial score (nSPS) is 11.5. The Balaban J connectivity index is 3.36. The fraction of sp³-hybridized carbons (Fsp3) is 0.500. The van der Waals surface area contributed by atoms with Crippen LogP contribution < -0.4 is 0 Å². The van der Waals surface area contributed by atoms with E-state index in [4.69, 9.17) is 20.5 Å². The smallest absolute Gasteiger partial charge is 0.348 e. The van der Waals surface area contributed by atoms with Crippen molar-refractivity contribution in [3.05, 3.63) is 11.2 Å². The average molecular weight is 153 g/mol. The Hall–Kier alpha value is 0.167. The van der Waals surface area contributed by atoms with Gasteiger partial charge in [-0.1, -0.05) is 11.6 Å². The zero-order valence-electron chi connectivity index (χ0n) is 4.93. The van der Waals surface area contributed by atoms with Crippen molar-refractivity contribution in [2.45, 2.75) is 0 Å². The van der Waals surface area contributed by atoms with E-state index < -0.39 is 9.28 Å². The molecule has 0 unspecified atom stereocenters. The molecule has 4 heteroatoms. The minimum atomic E-state index is -1.50. The maximum Gasteiger partial charge on any atom is 0.348 e. The van der Waals surface area contributed by atoms with Gasteiger partial charge in [0.15, 0.2) is 0 Å². The topological polar surface area (TPSA) is 18.5 Å². The third-order valence-electron chi connectivity index (χ3n) is 0.694. The maximum absolute atomic E-state index is 5.25. The Morgan fingerprint density at radius 1 is 1.38 bits per heavy atom. The van der Waals surface area contributed by atoms with Crippen LogP contribution in [0, 0.1) is 0 Å². The van der Waals surface area contributed by atoms with Crippen LogP contribution in [0.4, 0.5) is 0 Å². The van der Waals surface area contributed by atoms with Crippen LogP contribution in [0.15, 0.2) is 11.2 Å². The Morgan fingerprint density at radius 2 is 1.88 bits per heavy atom. The van der Waals surface area contributed by atoms with Gasteiger partial charge in [0.1, 0.15) is 0 Å². The van der Waals surface area contributed by atoms with E-state index in [9.17, 15) is 0 Å². The van der Waals surface area contributed by atoms with Crippen molar-refractivity contribution in [1.82, 2.24) is 0 Å². The molecule has 0 saturated carbocycles. The molecule has 0 bridgehead atoms. The monoisotopic (exact) mass is 152 g/mol. The van der Waals surface area contributed by atoms with Crippen LogP contribution in [0.5, 0.6) is 0 Å². The van der Waals surface area contributed by atoms with Crippen LogP contribution in [-0.2, 0) is 8.85 Å². The second-order valence-corrected chi connectivity index (χ2v) is 3.47. The van der Waals surface area contributed by atoms with Gasteiger partial charge in [-0.3, -0.25) is 0 Å². The highest BCUT2D eigenvalue weighted by molar-refractivity contribution is 6.52. The zero-order valence-corrected chi connectivity index (χ0v) is 6.84. The molecule has 0 aliphatic rings. The van der Waals surface area contributed by atoms with E-state index in [1.807, 2.05) is 0 Å². The van der Waals surface area contributed by atoms with Crippen molar-refractivity contribution in [1.29, 1.82) is 0 Å². The van der Waals surface area contributed by atoms with E-state index in [2.05, 4.69) is 0 Å². The van der Waals surface area contributed by atoms with Gasteiger partial charge in [-0.05, 0) is 5.70 Å². The molecule has 0 aliphatic heterocycles. The first-order valence-corrected chi connectivity index (χ1v) is 4.22. The molecule has 0 aliphatic carbocycles. The largest absolute Gasteiger partial charge is 0.397 e. The van der Waals surface area contributed by atoms with Crippen molar-refractivity contribution in [2.75, 3.05) is 14.2 Å². The van der Waals surface area contributed by atoms with Crippen LogP contribution in [0.3, 0.4) is 0 Å². The van der Waals surface area contributed by atoms with Gasteiger partial charge < -0.3 is 8.85 Å². The molecule has 48 valence electrons. The van der Waals surface area contributed by atoms with E-state index in [1.165, 1.54) is 5.54 Å². The third-order valence-corrected chi connectivity index (χ3v) is 2.52. The molecule has 0 saturated heterocycles. The minimum Gasteiger partial charge on any atom is -0.397 e. The minimum absolute atomic E-state index is 1.42. The summed E-state index contributed by atoms with van der Waals surface area (Å²) in [6.07, 6.45) is 0. The van der Waals surface area contributed by atoms with Crippen LogP contribution in [0.2, 0.25) is 0 Å². The van der Waals surface area contributed by atoms with Crippen molar-refractivity contribution in [3.63, 3.8) is 0 Å². The number of rotatable bonds is 3. The molecule has 0 fully saturated rings. The molecule has 0 spiro atoms. The van der Waals surface area contributed by atoms with Gasteiger partial charge in [0.25, 0.3) is 0 Å². The first kappa shape index (κ1) is 8.17. The lowest BCUT2D eigenvalue weighted by atomic mass is 11.3. The Labute approximate surface area is 55.9 Å². The lowest BCUT2D eigenvalue weighted by Gasteiger charge is -2.02. The van der Waals surface area contributed by atoms with Gasteiger partial charge in [-0.25, -0.2) is 0 Å². The summed E-state index contributed by atoms with van der Waals surface area (Å²) in [5.74, 6) is 0. The van der Waals surface area contributed by atoms with Gasteiger partial charge >= 0.3 is 9.28 Å². The highest BCUT2D eigenvalue weighted by atomic mass is 35.5. The lowest BCUT2D eigenvalue weighted by molar-refractivity contribution is 0.290. The lowest BCUT2D eigenvalue weighted by Crippen LogP contribution is -2.15. The number of halogens is 1. The van der Waals surface area contributed by atoms with Crippen molar-refractivity contribution < 1.29 is 8.85 Å². The number of hydrogen-bond acceptors (Lipinski definition) is 2. The molecule has 0 radical (unpaired) electrons. The van der Waals surface area contributed by atoms with Crippen molar-refractivity contribution in [3.8, 4) is 0 Å². The third kappa shape index (κ3) is 3.21. The second kappa shape index (κ2) is 5.31. The van der Waals surface area contributed by atoms with Gasteiger partial charge in [-0.15, -0.1) is 0 Å². The summed E-state index contributed by atoms with van der Waals surface area (Å²) in [5.41, 5.74) is 3.16. The molecular formula is C4H9ClO2Si. The summed E-state index contributed by atoms with van der Waals surface area (Å²) in [5, 5.41) is 0. The number of hydrogen-bond donors (Lipinski definition) is 0. The molecule has 0 atom stereocenters. The predicted octanol–water partition coefficient (Wildman–Crippen LogP) is 0.791. The quantitative estimate of drug-likeness (QED) is 0.557. The summed E-state index contributed by atoms with van der Waals surface area (Å²) >= 11 is 5.25. The van der Waals surface area contributed by atoms with Crippen molar-refractivity contribution in [2.24, 2.45) is 0 Å². The summed E-state index contributed by atoms with van der Waals surface area (Å²) in [7, 11) is 1.71. The van der Waals surface area contributed by atoms with Crippen LogP contribution in [0.1, 0.15) is 0 Å². The Kier molecular flexibility index (Phi) is 5.42. The van der Waals surface area contributed by atoms with Gasteiger partial charge in [-0.2, -0.15) is 0 Å². The van der Waals surface area contributed by atoms with E-state index in [0.29, 0.717) is 0 Å². The molecule has 0 aromatic rings. The van der Waals surface area contributed by atoms with Crippen molar-refractivity contribution >= 4 is 20.9 Å². The van der Waals surface area contributed by atoms with E-state index in [-0.39, 0.29) is 0 Å². The molecular weight excluding hydrogens is 144 g/mol. The molecule has 0 heterocycles. The summed E-state index contributed by atoms with van der Waals surface area (Å²) < 4.78 is 9.77. The highest BCUT2D eigenvalue weighted by Gasteiger charge is 2.00. The first-order chi connectivity index (χ1) is 3.85. The van der Waals surface area contributed by atoms with Gasteiger partial charge in [0.2, 0.25) is 0 Å². The summed E-state index contributed by atoms with van der Waals surface area (Å²) in [6, 6.07) is 0. The molecule has 0 amide bonds. The van der Waals surface area contributed by atoms with Gasteiger partial charge in [0, 0.05) is 19.8 Å². The Bertz CT molecular complexity index is 72.4. The molecule has 2 nitrogen and oxygen atoms in total. The van der Waals surface area contributed by atoms with Crippen LogP contribution in [0.25, 0.3) is 0 Å². The molecule has 0 rings (SSSR count). The predicted molar refractivity (Wildman–Crippen MR) is 36.2 cm³/mol. The van der Waals surface area contributed by atoms with E-state index >= 15 is 0 Å². The molecule has 0 N–H and O–H groups in total. The Morgan fingerprint density at radius 3 is 2.00 bits per heavy atom. The fourth-order valence-electron chi connectivity index (χ4n) is 0.313. The highest BCUT2D eigenvalue weighted by Crippen LogP contribution is 1.87. The standard InChI is InChI=1S/C4H9ClO2Si/c1-6-8(7-2)4-3-5/h3-4,8H,1-2H3. The van der Waals surface area contributed by atoms with E-state index in [0.717, 1.165) is 0 Å². The van der Waals surface area contributed by atoms with Gasteiger partial charge in [0.05, 0.1) is 0 Å². The SMILES string of the molecule is CO[SiH](C=CCl)OC. The molecule has 0 aromatic heterocycles. The molecule has 0 aromatic carbocycles. The zero-order chi connectivity index (χ0) is 6.41. The molecule has 8 heavy (non-hydrogen) atoms.